The molecule has 0 aromatic rings. The van der Waals surface area contributed by atoms with Crippen LogP contribution in [0.2, 0.25) is 0 Å². The zero-order chi connectivity index (χ0) is 7.56. The lowest BCUT2D eigenvalue weighted by Gasteiger charge is -2.01. The Labute approximate surface area is 61.5 Å². The smallest absolute Gasteiger partial charge is 0.333 e. The fraction of sp³-hybridized carbons (Fsp3) is 0.600. The predicted molar refractivity (Wildman–Crippen MR) is 34.8 cm³/mol. The third-order valence-electron chi connectivity index (χ3n) is 1.10. The van der Waals surface area contributed by atoms with Gasteiger partial charge in [-0.3, -0.25) is 4.79 Å². The highest BCUT2D eigenvalue weighted by Gasteiger charge is 2.30. The van der Waals surface area contributed by atoms with Gasteiger partial charge in [0.15, 0.2) is 17.8 Å². The fourth-order valence-electron chi connectivity index (χ4n) is 0.624. The molecule has 0 amide bonds. The van der Waals surface area contributed by atoms with E-state index in [1.807, 2.05) is 0 Å². The monoisotopic (exact) mass is 162 g/mol. The van der Waals surface area contributed by atoms with Crippen molar-refractivity contribution >= 4 is 24.0 Å². The van der Waals surface area contributed by atoms with E-state index in [1.54, 1.807) is 0 Å². The van der Waals surface area contributed by atoms with Crippen LogP contribution in [0, 0.1) is 0 Å². The van der Waals surface area contributed by atoms with Crippen molar-refractivity contribution < 1.29 is 19.4 Å². The second kappa shape index (κ2) is 3.03. The number of hydrogen-bond donors (Lipinski definition) is 1. The van der Waals surface area contributed by atoms with Crippen molar-refractivity contribution in [2.45, 2.75) is 11.5 Å². The van der Waals surface area contributed by atoms with Crippen molar-refractivity contribution in [1.29, 1.82) is 0 Å². The molecule has 0 aromatic heterocycles. The van der Waals surface area contributed by atoms with Crippen LogP contribution in [0.5, 0.6) is 0 Å². The Kier molecular flexibility index (Phi) is 2.29. The normalized spacial score (nSPS) is 32.0. The van der Waals surface area contributed by atoms with Crippen LogP contribution in [-0.2, 0) is 14.3 Å². The first-order valence-corrected chi connectivity index (χ1v) is 3.74. The number of rotatable bonds is 2. The summed E-state index contributed by atoms with van der Waals surface area (Å²) < 4.78 is 4.77. The third kappa shape index (κ3) is 1.48. The molecule has 0 saturated carbocycles. The molecule has 1 aliphatic heterocycles. The van der Waals surface area contributed by atoms with E-state index < -0.39 is 17.5 Å². The molecule has 0 spiro atoms. The number of carbonyl (C=O) groups excluding carboxylic acids is 1. The molecule has 1 fully saturated rings. The van der Waals surface area contributed by atoms with Crippen LogP contribution >= 0.6 is 11.8 Å². The first-order valence-electron chi connectivity index (χ1n) is 2.69. The molecule has 10 heavy (non-hydrogen) atoms. The summed E-state index contributed by atoms with van der Waals surface area (Å²) in [6.07, 6.45) is -0.201. The van der Waals surface area contributed by atoms with Crippen LogP contribution in [0.4, 0.5) is 0 Å². The lowest BCUT2D eigenvalue weighted by Crippen LogP contribution is -2.22. The number of carboxylic acid groups (broad SMARTS) is 1. The molecule has 2 atom stereocenters. The molecule has 1 heterocycles. The van der Waals surface area contributed by atoms with Gasteiger partial charge in [0.25, 0.3) is 0 Å². The second-order valence-corrected chi connectivity index (χ2v) is 2.93. The summed E-state index contributed by atoms with van der Waals surface area (Å²) in [6.45, 7) is 0. The number of carbonyl (C=O) groups is 2. The molecule has 56 valence electrons. The van der Waals surface area contributed by atoms with Crippen molar-refractivity contribution in [1.82, 2.24) is 0 Å². The van der Waals surface area contributed by atoms with Gasteiger partial charge in [-0.15, -0.1) is 11.8 Å². The van der Waals surface area contributed by atoms with E-state index in [2.05, 4.69) is 0 Å². The summed E-state index contributed by atoms with van der Waals surface area (Å²) in [7, 11) is 0. The largest absolute Gasteiger partial charge is 0.479 e. The van der Waals surface area contributed by atoms with E-state index in [-0.39, 0.29) is 0 Å². The van der Waals surface area contributed by atoms with E-state index >= 15 is 0 Å². The number of hydrogen-bond acceptors (Lipinski definition) is 4. The molecule has 0 bridgehead atoms. The minimum Gasteiger partial charge on any atom is -0.479 e. The Morgan fingerprint density at radius 3 is 2.80 bits per heavy atom. The Balaban J connectivity index is 2.42. The van der Waals surface area contributed by atoms with Crippen LogP contribution in [0.3, 0.4) is 0 Å². The highest BCUT2D eigenvalue weighted by molar-refractivity contribution is 8.00. The first kappa shape index (κ1) is 7.56. The lowest BCUT2D eigenvalue weighted by molar-refractivity contribution is -0.148. The summed E-state index contributed by atoms with van der Waals surface area (Å²) in [4.78, 5) is 20.2. The standard InChI is InChI=1S/C5H6O4S/c6-1-4-9-3(2-10-4)5(7)8/h1,3-4H,2H2,(H,7,8)/t3?,4-/m1/s1. The summed E-state index contributed by atoms with van der Waals surface area (Å²) in [6, 6.07) is 0. The number of ether oxygens (including phenoxy) is 1. The summed E-state index contributed by atoms with van der Waals surface area (Å²) in [5.41, 5.74) is -0.582. The molecular weight excluding hydrogens is 156 g/mol. The van der Waals surface area contributed by atoms with Gasteiger partial charge in [0, 0.05) is 5.75 Å². The van der Waals surface area contributed by atoms with Gasteiger partial charge in [-0.1, -0.05) is 0 Å². The Morgan fingerprint density at radius 2 is 2.50 bits per heavy atom. The van der Waals surface area contributed by atoms with Gasteiger partial charge in [0.1, 0.15) is 0 Å². The Morgan fingerprint density at radius 1 is 1.80 bits per heavy atom. The van der Waals surface area contributed by atoms with Gasteiger partial charge < -0.3 is 9.84 Å². The molecule has 0 aromatic carbocycles. The van der Waals surface area contributed by atoms with Gasteiger partial charge >= 0.3 is 5.97 Å². The topological polar surface area (TPSA) is 63.6 Å². The minimum absolute atomic E-state index is 0.360. The SMILES string of the molecule is O=C[C@@H]1OC(C(=O)O)CS1. The van der Waals surface area contributed by atoms with Crippen LogP contribution in [0.25, 0.3) is 0 Å². The molecule has 4 nitrogen and oxygen atoms in total. The predicted octanol–water partition coefficient (Wildman–Crippen LogP) is -0.272. The third-order valence-corrected chi connectivity index (χ3v) is 2.14. The maximum atomic E-state index is 10.2. The number of carboxylic acids is 1. The average Bonchev–Trinajstić information content (AvgIpc) is 2.34. The summed E-state index contributed by atoms with van der Waals surface area (Å²) >= 11 is 1.21. The van der Waals surface area contributed by atoms with E-state index in [4.69, 9.17) is 9.84 Å². The lowest BCUT2D eigenvalue weighted by atomic mass is 10.4. The zero-order valence-electron chi connectivity index (χ0n) is 5.02. The van der Waals surface area contributed by atoms with Crippen LogP contribution in [-0.4, -0.2) is 34.7 Å². The van der Waals surface area contributed by atoms with E-state index in [9.17, 15) is 9.59 Å². The highest BCUT2D eigenvalue weighted by Crippen LogP contribution is 2.23. The summed E-state index contributed by atoms with van der Waals surface area (Å²) in [5, 5.41) is 8.37. The maximum Gasteiger partial charge on any atom is 0.333 e. The maximum absolute atomic E-state index is 10.2. The quantitative estimate of drug-likeness (QED) is 0.566. The summed E-state index contributed by atoms with van der Waals surface area (Å²) in [5.74, 6) is -0.643. The van der Waals surface area contributed by atoms with Gasteiger partial charge in [0.05, 0.1) is 0 Å². The first-order chi connectivity index (χ1) is 4.74. The minimum atomic E-state index is -1.00. The molecular formula is C5H6O4S. The Hall–Kier alpha value is -0.550. The van der Waals surface area contributed by atoms with Crippen LogP contribution in [0.1, 0.15) is 0 Å². The Bertz CT molecular complexity index is 158. The highest BCUT2D eigenvalue weighted by atomic mass is 32.2. The van der Waals surface area contributed by atoms with Crippen LogP contribution < -0.4 is 0 Å². The van der Waals surface area contributed by atoms with Crippen molar-refractivity contribution in [3.63, 3.8) is 0 Å². The van der Waals surface area contributed by atoms with Gasteiger partial charge in [-0.2, -0.15) is 0 Å². The van der Waals surface area contributed by atoms with Crippen LogP contribution in [0.15, 0.2) is 0 Å². The second-order valence-electron chi connectivity index (χ2n) is 1.80. The zero-order valence-corrected chi connectivity index (χ0v) is 5.84. The van der Waals surface area contributed by atoms with Crippen molar-refractivity contribution in [3.05, 3.63) is 0 Å². The molecule has 1 rings (SSSR count). The molecule has 1 saturated heterocycles. The number of aliphatic carboxylic acids is 1. The van der Waals surface area contributed by atoms with Crippen molar-refractivity contribution in [3.8, 4) is 0 Å². The van der Waals surface area contributed by atoms with Gasteiger partial charge in [-0.25, -0.2) is 4.79 Å². The fourth-order valence-corrected chi connectivity index (χ4v) is 1.50. The molecule has 5 heteroatoms. The number of aldehydes is 1. The van der Waals surface area contributed by atoms with Crippen molar-refractivity contribution in [2.75, 3.05) is 5.75 Å². The molecule has 0 aliphatic carbocycles. The van der Waals surface area contributed by atoms with Gasteiger partial charge in [-0.05, 0) is 0 Å². The molecule has 1 aliphatic rings. The van der Waals surface area contributed by atoms with Crippen molar-refractivity contribution in [2.24, 2.45) is 0 Å². The average molecular weight is 162 g/mol. The number of thioether (sulfide) groups is 1. The van der Waals surface area contributed by atoms with E-state index in [0.29, 0.717) is 12.0 Å². The van der Waals surface area contributed by atoms with E-state index in [1.165, 1.54) is 11.8 Å². The molecule has 1 unspecified atom stereocenters. The molecule has 1 N–H and O–H groups in total. The van der Waals surface area contributed by atoms with E-state index in [0.717, 1.165) is 0 Å². The molecule has 0 radical (unpaired) electrons. The van der Waals surface area contributed by atoms with Gasteiger partial charge in [0.2, 0.25) is 0 Å².